The molecule has 2 N–H and O–H groups in total. The molecule has 6 nitrogen and oxygen atoms in total. The van der Waals surface area contributed by atoms with Gasteiger partial charge in [0.05, 0.1) is 19.3 Å². The number of halogens is 1. The van der Waals surface area contributed by atoms with Crippen molar-refractivity contribution < 1.29 is 19.4 Å². The Hall–Kier alpha value is -3.35. The molecule has 2 atom stereocenters. The van der Waals surface area contributed by atoms with Crippen molar-refractivity contribution in [3.05, 3.63) is 94.0 Å². The molecule has 0 saturated carbocycles. The molecular weight excluding hydrogens is 440 g/mol. The molecule has 0 unspecified atom stereocenters. The minimum atomic E-state index is -0.390. The molecular formula is C26H25ClN2O4. The number of hydrogen-bond donors (Lipinski definition) is 2. The fourth-order valence-corrected chi connectivity index (χ4v) is 4.07. The third kappa shape index (κ3) is 5.18. The zero-order chi connectivity index (χ0) is 23.4. The number of benzene rings is 3. The number of methoxy groups -OCH3 is 1. The number of nitrogens with one attached hydrogen (secondary N) is 1. The van der Waals surface area contributed by atoms with Crippen LogP contribution in [0.3, 0.4) is 0 Å². The smallest absolute Gasteiger partial charge is 0.337 e. The van der Waals surface area contributed by atoms with Gasteiger partial charge in [0.2, 0.25) is 0 Å². The van der Waals surface area contributed by atoms with E-state index in [1.807, 2.05) is 43.3 Å². The molecule has 0 amide bonds. The predicted molar refractivity (Wildman–Crippen MR) is 128 cm³/mol. The van der Waals surface area contributed by atoms with Crippen molar-refractivity contribution in [2.24, 2.45) is 4.99 Å². The zero-order valence-corrected chi connectivity index (χ0v) is 19.2. The molecule has 0 aliphatic carbocycles. The maximum atomic E-state index is 11.8. The summed E-state index contributed by atoms with van der Waals surface area (Å²) in [7, 11) is 1.36. The molecule has 4 rings (SSSR count). The van der Waals surface area contributed by atoms with Crippen LogP contribution in [0.25, 0.3) is 0 Å². The van der Waals surface area contributed by atoms with Gasteiger partial charge in [0.1, 0.15) is 17.7 Å². The molecule has 0 spiro atoms. The summed E-state index contributed by atoms with van der Waals surface area (Å²) in [4.78, 5) is 16.8. The van der Waals surface area contributed by atoms with Gasteiger partial charge in [0, 0.05) is 28.8 Å². The van der Waals surface area contributed by atoms with Crippen molar-refractivity contribution in [3.63, 3.8) is 0 Å². The third-order valence-corrected chi connectivity index (χ3v) is 5.79. The highest BCUT2D eigenvalue weighted by Gasteiger charge is 2.28. The van der Waals surface area contributed by atoms with E-state index in [-0.39, 0.29) is 18.0 Å². The molecule has 33 heavy (non-hydrogen) atoms. The second-order valence-electron chi connectivity index (χ2n) is 7.68. The second kappa shape index (κ2) is 10.1. The molecule has 1 aliphatic rings. The fourth-order valence-electron chi connectivity index (χ4n) is 3.89. The van der Waals surface area contributed by atoms with Crippen LogP contribution in [0.5, 0.6) is 11.5 Å². The van der Waals surface area contributed by atoms with E-state index >= 15 is 0 Å². The quantitative estimate of drug-likeness (QED) is 0.474. The van der Waals surface area contributed by atoms with Crippen molar-refractivity contribution in [2.45, 2.75) is 25.6 Å². The van der Waals surface area contributed by atoms with E-state index in [4.69, 9.17) is 26.1 Å². The van der Waals surface area contributed by atoms with E-state index in [9.17, 15) is 9.90 Å². The zero-order valence-electron chi connectivity index (χ0n) is 18.4. The number of aliphatic imine (C=N–C) groups is 1. The molecule has 1 aliphatic heterocycles. The van der Waals surface area contributed by atoms with Crippen molar-refractivity contribution in [2.75, 3.05) is 13.7 Å². The molecule has 1 heterocycles. The SMILES string of the molecule is CCOc1ccc(C2=N[C@@H](c3ccc(C(=O)OC)cc3)N[C@@H](c3cc(Cl)ccc3O)C2)cc1. The van der Waals surface area contributed by atoms with Gasteiger partial charge in [0.15, 0.2) is 0 Å². The van der Waals surface area contributed by atoms with E-state index in [0.29, 0.717) is 29.2 Å². The first-order valence-electron chi connectivity index (χ1n) is 10.7. The summed E-state index contributed by atoms with van der Waals surface area (Å²) in [5.74, 6) is 0.581. The summed E-state index contributed by atoms with van der Waals surface area (Å²) in [6.07, 6.45) is 0.189. The van der Waals surface area contributed by atoms with E-state index in [2.05, 4.69) is 5.32 Å². The summed E-state index contributed by atoms with van der Waals surface area (Å²) < 4.78 is 10.4. The first-order chi connectivity index (χ1) is 16.0. The molecule has 0 aromatic heterocycles. The summed E-state index contributed by atoms with van der Waals surface area (Å²) in [5.41, 5.74) is 3.93. The number of carbonyl (C=O) groups excluding carboxylic acids is 1. The Bertz CT molecular complexity index is 1160. The standard InChI is InChI=1S/C26H25ClN2O4/c1-3-33-20-11-8-16(9-12-20)22-15-23(21-14-19(27)10-13-24(21)30)29-25(28-22)17-4-6-18(7-5-17)26(31)32-2/h4-14,23,25,29-30H,3,15H2,1-2H3/t23-,25-/m1/s1. The van der Waals surface area contributed by atoms with Crippen molar-refractivity contribution in [1.29, 1.82) is 0 Å². The number of esters is 1. The lowest BCUT2D eigenvalue weighted by molar-refractivity contribution is 0.0600. The van der Waals surface area contributed by atoms with Crippen molar-refractivity contribution >= 4 is 23.3 Å². The van der Waals surface area contributed by atoms with Crippen LogP contribution in [0.15, 0.2) is 71.7 Å². The molecule has 0 bridgehead atoms. The number of carbonyl (C=O) groups is 1. The van der Waals surface area contributed by atoms with Gasteiger partial charge in [-0.15, -0.1) is 0 Å². The number of nitrogens with zero attached hydrogens (tertiary/aromatic N) is 1. The Morgan fingerprint density at radius 1 is 1.12 bits per heavy atom. The molecule has 3 aromatic rings. The predicted octanol–water partition coefficient (Wildman–Crippen LogP) is 5.45. The fraction of sp³-hybridized carbons (Fsp3) is 0.231. The van der Waals surface area contributed by atoms with Crippen LogP contribution in [0.2, 0.25) is 5.02 Å². The van der Waals surface area contributed by atoms with Crippen LogP contribution in [-0.2, 0) is 4.74 Å². The third-order valence-electron chi connectivity index (χ3n) is 5.55. The van der Waals surface area contributed by atoms with Gasteiger partial charge in [-0.25, -0.2) is 4.79 Å². The van der Waals surface area contributed by atoms with Gasteiger partial charge in [-0.3, -0.25) is 10.3 Å². The number of rotatable bonds is 6. The minimum absolute atomic E-state index is 0.171. The van der Waals surface area contributed by atoms with Crippen LogP contribution >= 0.6 is 11.6 Å². The van der Waals surface area contributed by atoms with Crippen LogP contribution < -0.4 is 10.1 Å². The Morgan fingerprint density at radius 2 is 1.85 bits per heavy atom. The van der Waals surface area contributed by atoms with Crippen LogP contribution in [0, 0.1) is 0 Å². The summed E-state index contributed by atoms with van der Waals surface area (Å²) in [6, 6.07) is 19.8. The Balaban J connectivity index is 1.71. The Kier molecular flexibility index (Phi) is 6.96. The monoisotopic (exact) mass is 464 g/mol. The highest BCUT2D eigenvalue weighted by atomic mass is 35.5. The maximum Gasteiger partial charge on any atom is 0.337 e. The van der Waals surface area contributed by atoms with Crippen LogP contribution in [0.1, 0.15) is 52.6 Å². The summed E-state index contributed by atoms with van der Waals surface area (Å²) in [6.45, 7) is 2.55. The second-order valence-corrected chi connectivity index (χ2v) is 8.11. The molecule has 0 saturated heterocycles. The number of aromatic hydroxyl groups is 1. The lowest BCUT2D eigenvalue weighted by Gasteiger charge is -2.31. The molecule has 170 valence electrons. The van der Waals surface area contributed by atoms with E-state index in [1.165, 1.54) is 7.11 Å². The van der Waals surface area contributed by atoms with Gasteiger partial charge >= 0.3 is 5.97 Å². The number of phenolic OH excluding ortho intramolecular Hbond substituents is 1. The van der Waals surface area contributed by atoms with Crippen molar-refractivity contribution in [1.82, 2.24) is 5.32 Å². The van der Waals surface area contributed by atoms with Gasteiger partial charge in [0.25, 0.3) is 0 Å². The largest absolute Gasteiger partial charge is 0.508 e. The topological polar surface area (TPSA) is 80.2 Å². The van der Waals surface area contributed by atoms with Crippen LogP contribution in [0.4, 0.5) is 0 Å². The lowest BCUT2D eigenvalue weighted by atomic mass is 9.93. The van der Waals surface area contributed by atoms with Gasteiger partial charge in [-0.2, -0.15) is 0 Å². The van der Waals surface area contributed by atoms with E-state index in [0.717, 1.165) is 22.6 Å². The first kappa shape index (κ1) is 22.8. The average molecular weight is 465 g/mol. The normalized spacial score (nSPS) is 17.8. The summed E-state index contributed by atoms with van der Waals surface area (Å²) in [5, 5.41) is 14.6. The molecule has 7 heteroatoms. The first-order valence-corrected chi connectivity index (χ1v) is 11.1. The van der Waals surface area contributed by atoms with E-state index in [1.54, 1.807) is 30.3 Å². The Morgan fingerprint density at radius 3 is 2.52 bits per heavy atom. The van der Waals surface area contributed by atoms with Crippen LogP contribution in [-0.4, -0.2) is 30.5 Å². The Labute approximate surface area is 197 Å². The highest BCUT2D eigenvalue weighted by molar-refractivity contribution is 6.30. The molecule has 0 fully saturated rings. The number of hydrogen-bond acceptors (Lipinski definition) is 6. The minimum Gasteiger partial charge on any atom is -0.508 e. The maximum absolute atomic E-state index is 11.8. The van der Waals surface area contributed by atoms with Gasteiger partial charge in [-0.1, -0.05) is 23.7 Å². The van der Waals surface area contributed by atoms with Gasteiger partial charge < -0.3 is 14.6 Å². The molecule has 3 aromatic carbocycles. The van der Waals surface area contributed by atoms with Gasteiger partial charge in [-0.05, 0) is 72.6 Å². The number of ether oxygens (including phenoxy) is 2. The lowest BCUT2D eigenvalue weighted by Crippen LogP contribution is -2.33. The van der Waals surface area contributed by atoms with E-state index < -0.39 is 5.97 Å². The molecule has 0 radical (unpaired) electrons. The average Bonchev–Trinajstić information content (AvgIpc) is 2.85. The van der Waals surface area contributed by atoms with Crippen molar-refractivity contribution in [3.8, 4) is 11.5 Å². The number of phenols is 1. The summed E-state index contributed by atoms with van der Waals surface area (Å²) >= 11 is 6.22. The highest BCUT2D eigenvalue weighted by Crippen LogP contribution is 2.36.